The van der Waals surface area contributed by atoms with Crippen LogP contribution in [0, 0.1) is 12.7 Å². The third-order valence-corrected chi connectivity index (χ3v) is 3.08. The molecule has 2 rings (SSSR count). The van der Waals surface area contributed by atoms with Crippen molar-refractivity contribution < 1.29 is 9.18 Å². The molecule has 0 aromatic heterocycles. The lowest BCUT2D eigenvalue weighted by atomic mass is 10.1. The maximum atomic E-state index is 13.4. The number of benzene rings is 2. The minimum Gasteiger partial charge on any atom is -0.330 e. The van der Waals surface area contributed by atoms with Crippen LogP contribution in [0.25, 0.3) is 0 Å². The quantitative estimate of drug-likeness (QED) is 0.899. The lowest BCUT2D eigenvalue weighted by molar-refractivity contribution is 0.102. The van der Waals surface area contributed by atoms with Crippen molar-refractivity contribution in [1.29, 1.82) is 0 Å². The van der Waals surface area contributed by atoms with Crippen LogP contribution in [-0.4, -0.2) is 12.5 Å². The van der Waals surface area contributed by atoms with Crippen molar-refractivity contribution in [2.45, 2.75) is 13.3 Å². The van der Waals surface area contributed by atoms with Crippen LogP contribution < -0.4 is 11.1 Å². The zero-order chi connectivity index (χ0) is 14.5. The summed E-state index contributed by atoms with van der Waals surface area (Å²) in [4.78, 5) is 12.0. The number of carbonyl (C=O) groups excluding carboxylic acids is 1. The highest BCUT2D eigenvalue weighted by Gasteiger charge is 2.07. The highest BCUT2D eigenvalue weighted by molar-refractivity contribution is 6.04. The maximum Gasteiger partial charge on any atom is 0.255 e. The zero-order valence-corrected chi connectivity index (χ0v) is 11.3. The van der Waals surface area contributed by atoms with Crippen molar-refractivity contribution in [3.8, 4) is 0 Å². The van der Waals surface area contributed by atoms with Gasteiger partial charge in [0, 0.05) is 11.3 Å². The summed E-state index contributed by atoms with van der Waals surface area (Å²) >= 11 is 0. The van der Waals surface area contributed by atoms with Crippen LogP contribution >= 0.6 is 0 Å². The van der Waals surface area contributed by atoms with Gasteiger partial charge in [0.15, 0.2) is 0 Å². The Labute approximate surface area is 117 Å². The van der Waals surface area contributed by atoms with Gasteiger partial charge in [0.1, 0.15) is 5.82 Å². The van der Waals surface area contributed by atoms with Gasteiger partial charge in [-0.2, -0.15) is 0 Å². The van der Waals surface area contributed by atoms with Gasteiger partial charge in [-0.15, -0.1) is 0 Å². The SMILES string of the molecule is Cc1ccc(NC(=O)c2ccc(CCN)cc2)cc1F. The Bertz CT molecular complexity index is 608. The summed E-state index contributed by atoms with van der Waals surface area (Å²) in [6.07, 6.45) is 0.783. The van der Waals surface area contributed by atoms with Crippen LogP contribution in [0.2, 0.25) is 0 Å². The molecule has 0 aliphatic rings. The second-order valence-electron chi connectivity index (χ2n) is 4.65. The predicted molar refractivity (Wildman–Crippen MR) is 78.3 cm³/mol. The third kappa shape index (κ3) is 3.42. The Balaban J connectivity index is 2.09. The van der Waals surface area contributed by atoms with Crippen LogP contribution in [0.15, 0.2) is 42.5 Å². The van der Waals surface area contributed by atoms with E-state index in [0.717, 1.165) is 12.0 Å². The fourth-order valence-electron chi connectivity index (χ4n) is 1.86. The van der Waals surface area contributed by atoms with E-state index in [0.29, 0.717) is 23.4 Å². The van der Waals surface area contributed by atoms with Gasteiger partial charge in [0.2, 0.25) is 0 Å². The highest BCUT2D eigenvalue weighted by Crippen LogP contribution is 2.15. The number of anilines is 1. The number of nitrogens with one attached hydrogen (secondary N) is 1. The molecule has 1 amide bonds. The van der Waals surface area contributed by atoms with E-state index >= 15 is 0 Å². The number of hydrogen-bond acceptors (Lipinski definition) is 2. The Morgan fingerprint density at radius 2 is 1.90 bits per heavy atom. The molecule has 20 heavy (non-hydrogen) atoms. The van der Waals surface area contributed by atoms with Gasteiger partial charge in [-0.05, 0) is 55.3 Å². The van der Waals surface area contributed by atoms with Crippen LogP contribution in [0.5, 0.6) is 0 Å². The molecule has 0 aliphatic carbocycles. The number of amides is 1. The number of halogens is 1. The highest BCUT2D eigenvalue weighted by atomic mass is 19.1. The van der Waals surface area contributed by atoms with E-state index in [1.165, 1.54) is 6.07 Å². The van der Waals surface area contributed by atoms with Crippen molar-refractivity contribution in [2.75, 3.05) is 11.9 Å². The standard InChI is InChI=1S/C16H17FN2O/c1-11-2-7-14(10-15(11)17)19-16(20)13-5-3-12(4-6-13)8-9-18/h2-7,10H,8-9,18H2,1H3,(H,19,20). The molecule has 0 atom stereocenters. The number of nitrogens with two attached hydrogens (primary N) is 1. The number of hydrogen-bond donors (Lipinski definition) is 2. The molecule has 4 heteroatoms. The van der Waals surface area contributed by atoms with E-state index in [4.69, 9.17) is 5.73 Å². The van der Waals surface area contributed by atoms with Gasteiger partial charge >= 0.3 is 0 Å². The van der Waals surface area contributed by atoms with Crippen molar-refractivity contribution in [2.24, 2.45) is 5.73 Å². The van der Waals surface area contributed by atoms with Gasteiger partial charge in [-0.25, -0.2) is 4.39 Å². The predicted octanol–water partition coefficient (Wildman–Crippen LogP) is 2.89. The molecule has 0 saturated carbocycles. The Kier molecular flexibility index (Phi) is 4.48. The number of carbonyl (C=O) groups is 1. The average Bonchev–Trinajstić information content (AvgIpc) is 2.44. The van der Waals surface area contributed by atoms with Gasteiger partial charge in [0.05, 0.1) is 0 Å². The molecule has 0 radical (unpaired) electrons. The molecule has 2 aromatic rings. The van der Waals surface area contributed by atoms with Crippen LogP contribution in [0.3, 0.4) is 0 Å². The van der Waals surface area contributed by atoms with Crippen molar-refractivity contribution in [3.05, 3.63) is 65.0 Å². The average molecular weight is 272 g/mol. The largest absolute Gasteiger partial charge is 0.330 e. The van der Waals surface area contributed by atoms with Gasteiger partial charge < -0.3 is 11.1 Å². The smallest absolute Gasteiger partial charge is 0.255 e. The van der Waals surface area contributed by atoms with Crippen molar-refractivity contribution in [3.63, 3.8) is 0 Å². The Morgan fingerprint density at radius 3 is 2.50 bits per heavy atom. The van der Waals surface area contributed by atoms with E-state index in [-0.39, 0.29) is 11.7 Å². The summed E-state index contributed by atoms with van der Waals surface area (Å²) in [5.74, 6) is -0.589. The molecule has 0 saturated heterocycles. The molecule has 0 fully saturated rings. The molecule has 0 bridgehead atoms. The Morgan fingerprint density at radius 1 is 1.20 bits per heavy atom. The van der Waals surface area contributed by atoms with E-state index in [1.807, 2.05) is 12.1 Å². The summed E-state index contributed by atoms with van der Waals surface area (Å²) < 4.78 is 13.4. The minimum atomic E-state index is -0.332. The minimum absolute atomic E-state index is 0.257. The van der Waals surface area contributed by atoms with Gasteiger partial charge in [-0.1, -0.05) is 18.2 Å². The molecule has 3 nitrogen and oxygen atoms in total. The second kappa shape index (κ2) is 6.30. The normalized spacial score (nSPS) is 10.3. The lowest BCUT2D eigenvalue weighted by Gasteiger charge is -2.07. The Hall–Kier alpha value is -2.20. The summed E-state index contributed by atoms with van der Waals surface area (Å²) in [7, 11) is 0. The van der Waals surface area contributed by atoms with Crippen molar-refractivity contribution >= 4 is 11.6 Å². The summed E-state index contributed by atoms with van der Waals surface area (Å²) in [5, 5.41) is 2.67. The topological polar surface area (TPSA) is 55.1 Å². The van der Waals surface area contributed by atoms with Crippen molar-refractivity contribution in [1.82, 2.24) is 0 Å². The molecule has 0 spiro atoms. The van der Waals surface area contributed by atoms with Crippen LogP contribution in [-0.2, 0) is 6.42 Å². The number of rotatable bonds is 4. The summed E-state index contributed by atoms with van der Waals surface area (Å²) in [6.45, 7) is 2.26. The van der Waals surface area contributed by atoms with E-state index in [1.54, 1.807) is 31.2 Å². The third-order valence-electron chi connectivity index (χ3n) is 3.08. The fraction of sp³-hybridized carbons (Fsp3) is 0.188. The first-order valence-electron chi connectivity index (χ1n) is 6.46. The molecular weight excluding hydrogens is 255 g/mol. The summed E-state index contributed by atoms with van der Waals surface area (Å²) in [5.41, 5.74) is 8.09. The first-order valence-corrected chi connectivity index (χ1v) is 6.46. The maximum absolute atomic E-state index is 13.4. The van der Waals surface area contributed by atoms with Crippen LogP contribution in [0.4, 0.5) is 10.1 Å². The molecular formula is C16H17FN2O. The van der Waals surface area contributed by atoms with E-state index in [9.17, 15) is 9.18 Å². The van der Waals surface area contributed by atoms with E-state index < -0.39 is 0 Å². The molecule has 0 unspecified atom stereocenters. The number of aryl methyl sites for hydroxylation is 1. The van der Waals surface area contributed by atoms with E-state index in [2.05, 4.69) is 5.32 Å². The fourth-order valence-corrected chi connectivity index (χ4v) is 1.86. The summed E-state index contributed by atoms with van der Waals surface area (Å²) in [6, 6.07) is 11.9. The molecule has 0 heterocycles. The monoisotopic (exact) mass is 272 g/mol. The second-order valence-corrected chi connectivity index (χ2v) is 4.65. The van der Waals surface area contributed by atoms with Crippen LogP contribution in [0.1, 0.15) is 21.5 Å². The van der Waals surface area contributed by atoms with Gasteiger partial charge in [-0.3, -0.25) is 4.79 Å². The molecule has 0 aliphatic heterocycles. The first-order chi connectivity index (χ1) is 9.60. The van der Waals surface area contributed by atoms with Gasteiger partial charge in [0.25, 0.3) is 5.91 Å². The molecule has 2 aromatic carbocycles. The zero-order valence-electron chi connectivity index (χ0n) is 11.3. The lowest BCUT2D eigenvalue weighted by Crippen LogP contribution is -2.12. The molecule has 104 valence electrons. The molecule has 3 N–H and O–H groups in total. The first kappa shape index (κ1) is 14.2.